The van der Waals surface area contributed by atoms with Crippen LogP contribution in [0, 0.1) is 12.0 Å². The molecule has 1 radical (unpaired) electrons. The summed E-state index contributed by atoms with van der Waals surface area (Å²) in [5.41, 5.74) is 1.28. The fourth-order valence-electron chi connectivity index (χ4n) is 1.98. The van der Waals surface area contributed by atoms with Gasteiger partial charge in [-0.1, -0.05) is 66.7 Å². The third-order valence-electron chi connectivity index (χ3n) is 3.07. The highest BCUT2D eigenvalue weighted by atomic mass is 16.5. The minimum atomic E-state index is -0.984. The van der Waals surface area contributed by atoms with Gasteiger partial charge in [0.15, 0.2) is 5.78 Å². The van der Waals surface area contributed by atoms with Gasteiger partial charge in [0, 0.05) is 5.56 Å². The lowest BCUT2D eigenvalue weighted by molar-refractivity contribution is -0.144. The lowest BCUT2D eigenvalue weighted by Gasteiger charge is -2.10. The number of ether oxygens (including phenoxy) is 1. The lowest BCUT2D eigenvalue weighted by atomic mass is 9.96. The molecule has 0 spiro atoms. The molecule has 0 fully saturated rings. The SMILES string of the molecule is CCOC(=O)C(C=[C]c1ccccc1)C(=O)c1ccccc1. The molecule has 3 nitrogen and oxygen atoms in total. The lowest BCUT2D eigenvalue weighted by Crippen LogP contribution is -2.24. The molecule has 0 aliphatic carbocycles. The highest BCUT2D eigenvalue weighted by Crippen LogP contribution is 2.13. The van der Waals surface area contributed by atoms with E-state index in [2.05, 4.69) is 6.08 Å². The maximum absolute atomic E-state index is 12.5. The molecule has 0 N–H and O–H groups in total. The summed E-state index contributed by atoms with van der Waals surface area (Å²) in [7, 11) is 0. The van der Waals surface area contributed by atoms with Crippen molar-refractivity contribution in [3.63, 3.8) is 0 Å². The Morgan fingerprint density at radius 1 is 1.05 bits per heavy atom. The molecule has 2 aromatic rings. The van der Waals surface area contributed by atoms with Crippen molar-refractivity contribution in [2.24, 2.45) is 5.92 Å². The molecule has 0 bridgehead atoms. The van der Waals surface area contributed by atoms with E-state index in [1.807, 2.05) is 36.4 Å². The highest BCUT2D eigenvalue weighted by molar-refractivity contribution is 6.10. The van der Waals surface area contributed by atoms with E-state index >= 15 is 0 Å². The fraction of sp³-hybridized carbons (Fsp3) is 0.158. The van der Waals surface area contributed by atoms with Crippen LogP contribution >= 0.6 is 0 Å². The third-order valence-corrected chi connectivity index (χ3v) is 3.07. The largest absolute Gasteiger partial charge is 0.465 e. The summed E-state index contributed by atoms with van der Waals surface area (Å²) in [5.74, 6) is -1.83. The molecule has 2 rings (SSSR count). The first kappa shape index (κ1) is 15.7. The molecule has 1 atom stereocenters. The zero-order valence-corrected chi connectivity index (χ0v) is 12.4. The summed E-state index contributed by atoms with van der Waals surface area (Å²) in [6, 6.07) is 18.1. The molecule has 22 heavy (non-hydrogen) atoms. The van der Waals surface area contributed by atoms with Crippen molar-refractivity contribution in [3.8, 4) is 0 Å². The van der Waals surface area contributed by atoms with Gasteiger partial charge in [0.05, 0.1) is 6.61 Å². The third kappa shape index (κ3) is 4.16. The van der Waals surface area contributed by atoms with Crippen LogP contribution in [-0.4, -0.2) is 18.4 Å². The van der Waals surface area contributed by atoms with E-state index < -0.39 is 11.9 Å². The normalized spacial score (nSPS) is 12.0. The molecule has 1 unspecified atom stereocenters. The molecular formula is C19H17O3. The number of Topliss-reactive ketones (excluding diaryl/α,β-unsaturated/α-hetero) is 1. The monoisotopic (exact) mass is 293 g/mol. The Hall–Kier alpha value is -2.68. The molecule has 111 valence electrons. The molecule has 0 saturated heterocycles. The van der Waals surface area contributed by atoms with Crippen molar-refractivity contribution >= 4 is 11.8 Å². The number of carbonyl (C=O) groups is 2. The highest BCUT2D eigenvalue weighted by Gasteiger charge is 2.26. The van der Waals surface area contributed by atoms with Gasteiger partial charge in [-0.15, -0.1) is 0 Å². The summed E-state index contributed by atoms with van der Waals surface area (Å²) in [6.45, 7) is 1.95. The van der Waals surface area contributed by atoms with Crippen LogP contribution in [0.15, 0.2) is 66.7 Å². The number of rotatable bonds is 6. The van der Waals surface area contributed by atoms with E-state index in [0.717, 1.165) is 5.56 Å². The summed E-state index contributed by atoms with van der Waals surface area (Å²) in [6.07, 6.45) is 4.46. The quantitative estimate of drug-likeness (QED) is 0.465. The maximum atomic E-state index is 12.5. The zero-order valence-electron chi connectivity index (χ0n) is 12.4. The maximum Gasteiger partial charge on any atom is 0.320 e. The summed E-state index contributed by atoms with van der Waals surface area (Å²) in [4.78, 5) is 24.6. The Morgan fingerprint density at radius 3 is 2.23 bits per heavy atom. The average Bonchev–Trinajstić information content (AvgIpc) is 2.57. The Morgan fingerprint density at radius 2 is 1.64 bits per heavy atom. The topological polar surface area (TPSA) is 43.4 Å². The van der Waals surface area contributed by atoms with Crippen LogP contribution in [0.25, 0.3) is 0 Å². The van der Waals surface area contributed by atoms with Crippen molar-refractivity contribution < 1.29 is 14.3 Å². The summed E-state index contributed by atoms with van der Waals surface area (Å²) in [5, 5.41) is 0. The Kier molecular flexibility index (Phi) is 5.66. The molecular weight excluding hydrogens is 276 g/mol. The van der Waals surface area contributed by atoms with E-state index in [0.29, 0.717) is 5.56 Å². The molecule has 0 aliphatic rings. The van der Waals surface area contributed by atoms with Crippen LogP contribution in [0.4, 0.5) is 0 Å². The van der Waals surface area contributed by atoms with Crippen LogP contribution in [0.3, 0.4) is 0 Å². The van der Waals surface area contributed by atoms with Gasteiger partial charge in [-0.05, 0) is 18.6 Å². The Bertz CT molecular complexity index is 645. The van der Waals surface area contributed by atoms with Crippen molar-refractivity contribution in [2.75, 3.05) is 6.61 Å². The smallest absolute Gasteiger partial charge is 0.320 e. The van der Waals surface area contributed by atoms with Crippen molar-refractivity contribution in [1.29, 1.82) is 0 Å². The first-order valence-electron chi connectivity index (χ1n) is 7.13. The van der Waals surface area contributed by atoms with Crippen LogP contribution in [-0.2, 0) is 9.53 Å². The van der Waals surface area contributed by atoms with Crippen molar-refractivity contribution in [3.05, 3.63) is 83.9 Å². The summed E-state index contributed by atoms with van der Waals surface area (Å²) >= 11 is 0. The first-order chi connectivity index (χ1) is 10.7. The zero-order chi connectivity index (χ0) is 15.8. The predicted molar refractivity (Wildman–Crippen MR) is 84.3 cm³/mol. The van der Waals surface area contributed by atoms with Gasteiger partial charge in [0.2, 0.25) is 0 Å². The van der Waals surface area contributed by atoms with Gasteiger partial charge in [-0.2, -0.15) is 0 Å². The molecule has 0 amide bonds. The van der Waals surface area contributed by atoms with E-state index in [4.69, 9.17) is 4.74 Å². The van der Waals surface area contributed by atoms with Crippen LogP contribution in [0.2, 0.25) is 0 Å². The second kappa shape index (κ2) is 7.93. The minimum Gasteiger partial charge on any atom is -0.465 e. The molecule has 2 aromatic carbocycles. The number of carbonyl (C=O) groups excluding carboxylic acids is 2. The summed E-state index contributed by atoms with van der Waals surface area (Å²) < 4.78 is 5.00. The van der Waals surface area contributed by atoms with E-state index in [1.54, 1.807) is 31.2 Å². The number of esters is 1. The minimum absolute atomic E-state index is 0.233. The Balaban J connectivity index is 2.25. The molecule has 0 heterocycles. The average molecular weight is 293 g/mol. The second-order valence-electron chi connectivity index (χ2n) is 4.64. The number of benzene rings is 2. The molecule has 0 saturated carbocycles. The van der Waals surface area contributed by atoms with E-state index in [1.165, 1.54) is 6.08 Å². The van der Waals surface area contributed by atoms with E-state index in [9.17, 15) is 9.59 Å². The van der Waals surface area contributed by atoms with Crippen LogP contribution in [0.1, 0.15) is 22.8 Å². The van der Waals surface area contributed by atoms with Gasteiger partial charge < -0.3 is 4.74 Å². The second-order valence-corrected chi connectivity index (χ2v) is 4.64. The van der Waals surface area contributed by atoms with Gasteiger partial charge in [-0.25, -0.2) is 0 Å². The molecule has 0 aliphatic heterocycles. The van der Waals surface area contributed by atoms with Crippen molar-refractivity contribution in [1.82, 2.24) is 0 Å². The Labute approximate surface area is 130 Å². The molecule has 3 heteroatoms. The van der Waals surface area contributed by atoms with Gasteiger partial charge in [-0.3, -0.25) is 9.59 Å². The fourth-order valence-corrected chi connectivity index (χ4v) is 1.98. The first-order valence-corrected chi connectivity index (χ1v) is 7.13. The van der Waals surface area contributed by atoms with Gasteiger partial charge in [0.25, 0.3) is 0 Å². The van der Waals surface area contributed by atoms with Crippen molar-refractivity contribution in [2.45, 2.75) is 6.92 Å². The van der Waals surface area contributed by atoms with Gasteiger partial charge >= 0.3 is 5.97 Å². The predicted octanol–water partition coefficient (Wildman–Crippen LogP) is 3.46. The van der Waals surface area contributed by atoms with Gasteiger partial charge in [0.1, 0.15) is 5.92 Å². The van der Waals surface area contributed by atoms with E-state index in [-0.39, 0.29) is 12.4 Å². The standard InChI is InChI=1S/C19H17O3/c1-2-22-19(21)17(14-13-15-9-5-3-6-10-15)18(20)16-11-7-4-8-12-16/h3-12,14,17H,2H2,1H3. The number of ketones is 1. The number of hydrogen-bond donors (Lipinski definition) is 0. The van der Waals surface area contributed by atoms with Crippen LogP contribution in [0.5, 0.6) is 0 Å². The van der Waals surface area contributed by atoms with Crippen LogP contribution < -0.4 is 0 Å². The number of hydrogen-bond acceptors (Lipinski definition) is 3. The molecule has 0 aromatic heterocycles.